The highest BCUT2D eigenvalue weighted by Crippen LogP contribution is 2.30. The molecule has 0 N–H and O–H groups in total. The van der Waals surface area contributed by atoms with Crippen LogP contribution in [0.2, 0.25) is 0 Å². The molecule has 0 aliphatic carbocycles. The Morgan fingerprint density at radius 2 is 1.81 bits per heavy atom. The number of esters is 1. The van der Waals surface area contributed by atoms with E-state index < -0.39 is 0 Å². The number of rotatable bonds is 9. The number of methoxy groups -OCH3 is 1. The van der Waals surface area contributed by atoms with Gasteiger partial charge in [-0.3, -0.25) is 4.79 Å². The molecule has 0 heterocycles. The van der Waals surface area contributed by atoms with Crippen LogP contribution in [0, 0.1) is 11.3 Å². The summed E-state index contributed by atoms with van der Waals surface area (Å²) in [7, 11) is 1.41. The minimum absolute atomic E-state index is 0.170. The number of benzene rings is 2. The quantitative estimate of drug-likeness (QED) is 0.323. The Morgan fingerprint density at radius 3 is 2.46 bits per heavy atom. The first-order valence-electron chi connectivity index (χ1n) is 8.69. The van der Waals surface area contributed by atoms with E-state index in [0.717, 1.165) is 19.3 Å². The van der Waals surface area contributed by atoms with Gasteiger partial charge in [-0.05, 0) is 42.7 Å². The number of ether oxygens (including phenoxy) is 1. The number of carbonyl (C=O) groups excluding carboxylic acids is 1. The van der Waals surface area contributed by atoms with Crippen molar-refractivity contribution in [1.29, 1.82) is 5.26 Å². The second kappa shape index (κ2) is 11.2. The molecule has 0 aliphatic heterocycles. The van der Waals surface area contributed by atoms with Crippen LogP contribution in [-0.4, -0.2) is 13.1 Å². The number of carbonyl (C=O) groups is 1. The van der Waals surface area contributed by atoms with Crippen LogP contribution in [0.3, 0.4) is 0 Å². The summed E-state index contributed by atoms with van der Waals surface area (Å²) in [5, 5.41) is 8.85. The monoisotopic (exact) mass is 365 g/mol. The van der Waals surface area contributed by atoms with Gasteiger partial charge in [0, 0.05) is 28.2 Å². The number of hydrogen-bond acceptors (Lipinski definition) is 4. The van der Waals surface area contributed by atoms with Crippen LogP contribution in [0.25, 0.3) is 0 Å². The molecule has 4 heteroatoms. The van der Waals surface area contributed by atoms with E-state index in [9.17, 15) is 4.79 Å². The van der Waals surface area contributed by atoms with Crippen molar-refractivity contribution in [2.45, 2.75) is 41.4 Å². The van der Waals surface area contributed by atoms with Crippen LogP contribution in [0.4, 0.5) is 0 Å². The fourth-order valence-electron chi connectivity index (χ4n) is 2.68. The number of allylic oxidation sites excluding steroid dienone is 2. The SMILES string of the molecule is COC(=O)CCCC[C@@H](/C=C/C#N)c1ccc(Sc2ccccc2)cc1. The Labute approximate surface area is 159 Å². The van der Waals surface area contributed by atoms with Crippen LogP contribution in [0.1, 0.15) is 37.2 Å². The van der Waals surface area contributed by atoms with Crippen molar-refractivity contribution in [1.82, 2.24) is 0 Å². The largest absolute Gasteiger partial charge is 0.469 e. The molecule has 0 amide bonds. The Hall–Kier alpha value is -2.51. The summed E-state index contributed by atoms with van der Waals surface area (Å²) < 4.78 is 4.67. The Bertz CT molecular complexity index is 748. The Balaban J connectivity index is 1.97. The standard InChI is InChI=1S/C22H23NO2S/c1-25-22(24)12-6-5-8-18(9-7-17-23)19-13-15-21(16-14-19)26-20-10-3-2-4-11-20/h2-4,7,9-11,13-16,18H,5-6,8,12H2,1H3/b9-7+/t18-/m0/s1. The number of unbranched alkanes of at least 4 members (excludes halogenated alkanes) is 1. The molecule has 134 valence electrons. The Morgan fingerprint density at radius 1 is 1.12 bits per heavy atom. The predicted molar refractivity (Wildman–Crippen MR) is 105 cm³/mol. The van der Waals surface area contributed by atoms with Crippen molar-refractivity contribution < 1.29 is 9.53 Å². The summed E-state index contributed by atoms with van der Waals surface area (Å²) in [4.78, 5) is 13.6. The molecular weight excluding hydrogens is 342 g/mol. The highest BCUT2D eigenvalue weighted by molar-refractivity contribution is 7.99. The van der Waals surface area contributed by atoms with E-state index >= 15 is 0 Å². The molecule has 0 aliphatic rings. The van der Waals surface area contributed by atoms with Crippen molar-refractivity contribution in [2.75, 3.05) is 7.11 Å². The fourth-order valence-corrected chi connectivity index (χ4v) is 3.51. The highest BCUT2D eigenvalue weighted by Gasteiger charge is 2.09. The van der Waals surface area contributed by atoms with Crippen LogP contribution in [0.15, 0.2) is 76.5 Å². The van der Waals surface area contributed by atoms with E-state index in [1.54, 1.807) is 11.8 Å². The lowest BCUT2D eigenvalue weighted by molar-refractivity contribution is -0.140. The van der Waals surface area contributed by atoms with Crippen molar-refractivity contribution in [3.05, 3.63) is 72.3 Å². The molecule has 26 heavy (non-hydrogen) atoms. The maximum atomic E-state index is 11.2. The van der Waals surface area contributed by atoms with Crippen LogP contribution >= 0.6 is 11.8 Å². The summed E-state index contributed by atoms with van der Waals surface area (Å²) in [6, 6.07) is 20.8. The number of nitrogens with zero attached hydrogens (tertiary/aromatic N) is 1. The first-order valence-corrected chi connectivity index (χ1v) is 9.50. The van der Waals surface area contributed by atoms with Crippen LogP contribution in [-0.2, 0) is 9.53 Å². The normalized spacial score (nSPS) is 11.8. The van der Waals surface area contributed by atoms with Gasteiger partial charge >= 0.3 is 5.97 Å². The molecule has 0 unspecified atom stereocenters. The van der Waals surface area contributed by atoms with E-state index in [1.807, 2.05) is 24.3 Å². The summed E-state index contributed by atoms with van der Waals surface area (Å²) in [5.41, 5.74) is 1.19. The summed E-state index contributed by atoms with van der Waals surface area (Å²) in [6.07, 6.45) is 6.54. The first-order chi connectivity index (χ1) is 12.7. The Kier molecular flexibility index (Phi) is 8.51. The van der Waals surface area contributed by atoms with Gasteiger partial charge in [0.25, 0.3) is 0 Å². The zero-order valence-corrected chi connectivity index (χ0v) is 15.7. The molecule has 0 spiro atoms. The highest BCUT2D eigenvalue weighted by atomic mass is 32.2. The van der Waals surface area contributed by atoms with E-state index in [1.165, 1.54) is 28.5 Å². The molecular formula is C22H23NO2S. The third-order valence-corrected chi connectivity index (χ3v) is 5.08. The van der Waals surface area contributed by atoms with Gasteiger partial charge in [0.1, 0.15) is 0 Å². The molecule has 2 rings (SSSR count). The summed E-state index contributed by atoms with van der Waals surface area (Å²) >= 11 is 1.73. The van der Waals surface area contributed by atoms with Gasteiger partial charge in [0.05, 0.1) is 13.2 Å². The number of hydrogen-bond donors (Lipinski definition) is 0. The smallest absolute Gasteiger partial charge is 0.305 e. The lowest BCUT2D eigenvalue weighted by Gasteiger charge is -2.13. The summed E-state index contributed by atoms with van der Waals surface area (Å²) in [6.45, 7) is 0. The van der Waals surface area contributed by atoms with Gasteiger partial charge in [-0.25, -0.2) is 0 Å². The minimum atomic E-state index is -0.170. The van der Waals surface area contributed by atoms with Gasteiger partial charge in [0.2, 0.25) is 0 Å². The fraction of sp³-hybridized carbons (Fsp3) is 0.273. The zero-order valence-electron chi connectivity index (χ0n) is 14.9. The molecule has 0 saturated heterocycles. The third-order valence-electron chi connectivity index (χ3n) is 4.06. The maximum absolute atomic E-state index is 11.2. The lowest BCUT2D eigenvalue weighted by atomic mass is 9.93. The zero-order chi connectivity index (χ0) is 18.6. The van der Waals surface area contributed by atoms with Gasteiger partial charge in [0.15, 0.2) is 0 Å². The van der Waals surface area contributed by atoms with E-state index in [4.69, 9.17) is 5.26 Å². The molecule has 0 radical (unpaired) electrons. The molecule has 1 atom stereocenters. The van der Waals surface area contributed by atoms with E-state index in [0.29, 0.717) is 6.42 Å². The van der Waals surface area contributed by atoms with Crippen LogP contribution < -0.4 is 0 Å². The second-order valence-corrected chi connectivity index (χ2v) is 7.05. The average molecular weight is 365 g/mol. The van der Waals surface area contributed by atoms with E-state index in [-0.39, 0.29) is 11.9 Å². The predicted octanol–water partition coefficient (Wildman–Crippen LogP) is 5.73. The topological polar surface area (TPSA) is 50.1 Å². The first kappa shape index (κ1) is 19.8. The van der Waals surface area contributed by atoms with Crippen molar-refractivity contribution in [3.8, 4) is 6.07 Å². The third kappa shape index (κ3) is 6.78. The van der Waals surface area contributed by atoms with Gasteiger partial charge in [-0.15, -0.1) is 0 Å². The molecule has 2 aromatic rings. The van der Waals surface area contributed by atoms with Crippen molar-refractivity contribution in [3.63, 3.8) is 0 Å². The molecule has 2 aromatic carbocycles. The molecule has 0 bridgehead atoms. The second-order valence-electron chi connectivity index (χ2n) is 5.90. The lowest BCUT2D eigenvalue weighted by Crippen LogP contribution is -2.01. The summed E-state index contributed by atoms with van der Waals surface area (Å²) in [5.74, 6) is 0.0134. The van der Waals surface area contributed by atoms with Gasteiger partial charge in [-0.1, -0.05) is 54.6 Å². The van der Waals surface area contributed by atoms with Crippen LogP contribution in [0.5, 0.6) is 0 Å². The van der Waals surface area contributed by atoms with E-state index in [2.05, 4.69) is 47.2 Å². The average Bonchev–Trinajstić information content (AvgIpc) is 2.69. The van der Waals surface area contributed by atoms with Gasteiger partial charge < -0.3 is 4.74 Å². The molecule has 0 saturated carbocycles. The molecule has 0 fully saturated rings. The molecule has 0 aromatic heterocycles. The molecule has 3 nitrogen and oxygen atoms in total. The van der Waals surface area contributed by atoms with Crippen molar-refractivity contribution >= 4 is 17.7 Å². The van der Waals surface area contributed by atoms with Crippen molar-refractivity contribution in [2.24, 2.45) is 0 Å². The number of nitriles is 1. The van der Waals surface area contributed by atoms with Gasteiger partial charge in [-0.2, -0.15) is 5.26 Å². The maximum Gasteiger partial charge on any atom is 0.305 e. The minimum Gasteiger partial charge on any atom is -0.469 e.